The quantitative estimate of drug-likeness (QED) is 0.541. The predicted octanol–water partition coefficient (Wildman–Crippen LogP) is -0.421. The van der Waals surface area contributed by atoms with Crippen molar-refractivity contribution in [2.24, 2.45) is 5.73 Å². The van der Waals surface area contributed by atoms with Crippen LogP contribution in [0.3, 0.4) is 0 Å². The first-order valence-electron chi connectivity index (χ1n) is 2.11. The number of hydrogen-bond acceptors (Lipinski definition) is 5. The predicted molar refractivity (Wildman–Crippen MR) is 32.2 cm³/mol. The minimum atomic E-state index is 0.434. The van der Waals surface area contributed by atoms with Crippen LogP contribution in [0.15, 0.2) is 0 Å². The number of nitrogens with two attached hydrogens (primary N) is 2. The molecule has 0 bridgehead atoms. The van der Waals surface area contributed by atoms with Crippen molar-refractivity contribution in [1.82, 2.24) is 9.59 Å². The van der Waals surface area contributed by atoms with Crippen molar-refractivity contribution in [2.45, 2.75) is 6.54 Å². The number of aromatic nitrogens is 2. The Morgan fingerprint density at radius 2 is 2.38 bits per heavy atom. The third-order valence-corrected chi connectivity index (χ3v) is 1.53. The average Bonchev–Trinajstić information content (AvgIpc) is 2.14. The van der Waals surface area contributed by atoms with Crippen molar-refractivity contribution in [3.05, 3.63) is 4.88 Å². The third kappa shape index (κ3) is 0.775. The standard InChI is InChI=1S/C3H6N4S/c4-1-2-3(5)6-7-8-2/h1,4-5H2. The first-order valence-corrected chi connectivity index (χ1v) is 2.88. The fourth-order valence-corrected chi connectivity index (χ4v) is 0.794. The minimum absolute atomic E-state index is 0.434. The summed E-state index contributed by atoms with van der Waals surface area (Å²) in [5.74, 6) is 0.456. The summed E-state index contributed by atoms with van der Waals surface area (Å²) in [5.41, 5.74) is 10.6. The lowest BCUT2D eigenvalue weighted by Crippen LogP contribution is -1.97. The number of anilines is 1. The molecule has 5 heteroatoms. The zero-order chi connectivity index (χ0) is 5.98. The molecule has 0 amide bonds. The summed E-state index contributed by atoms with van der Waals surface area (Å²) in [7, 11) is 0. The van der Waals surface area contributed by atoms with Crippen molar-refractivity contribution in [1.29, 1.82) is 0 Å². The molecule has 0 spiro atoms. The van der Waals surface area contributed by atoms with Gasteiger partial charge in [0, 0.05) is 6.54 Å². The molecule has 0 saturated carbocycles. The maximum Gasteiger partial charge on any atom is 0.163 e. The van der Waals surface area contributed by atoms with Gasteiger partial charge in [-0.1, -0.05) is 4.49 Å². The second-order valence-electron chi connectivity index (χ2n) is 1.29. The number of nitrogens with zero attached hydrogens (tertiary/aromatic N) is 2. The molecule has 0 radical (unpaired) electrons. The lowest BCUT2D eigenvalue weighted by molar-refractivity contribution is 1.09. The van der Waals surface area contributed by atoms with Crippen LogP contribution in [0.5, 0.6) is 0 Å². The normalized spacial score (nSPS) is 9.62. The molecule has 0 atom stereocenters. The van der Waals surface area contributed by atoms with Gasteiger partial charge >= 0.3 is 0 Å². The van der Waals surface area contributed by atoms with Gasteiger partial charge in [-0.3, -0.25) is 0 Å². The number of nitrogen functional groups attached to an aromatic ring is 1. The van der Waals surface area contributed by atoms with Crippen molar-refractivity contribution in [3.8, 4) is 0 Å². The molecular formula is C3H6N4S. The van der Waals surface area contributed by atoms with Gasteiger partial charge in [-0.15, -0.1) is 5.10 Å². The topological polar surface area (TPSA) is 77.8 Å². The van der Waals surface area contributed by atoms with Gasteiger partial charge in [0.05, 0.1) is 4.88 Å². The smallest absolute Gasteiger partial charge is 0.163 e. The van der Waals surface area contributed by atoms with Crippen LogP contribution < -0.4 is 11.5 Å². The van der Waals surface area contributed by atoms with E-state index in [0.29, 0.717) is 12.4 Å². The Balaban J connectivity index is 2.92. The Morgan fingerprint density at radius 3 is 2.62 bits per heavy atom. The second-order valence-corrected chi connectivity index (χ2v) is 2.12. The lowest BCUT2D eigenvalue weighted by Gasteiger charge is -1.83. The van der Waals surface area contributed by atoms with Crippen LogP contribution in [0.1, 0.15) is 4.88 Å². The average molecular weight is 130 g/mol. The monoisotopic (exact) mass is 130 g/mol. The van der Waals surface area contributed by atoms with E-state index in [-0.39, 0.29) is 0 Å². The SMILES string of the molecule is NCc1snnc1N. The highest BCUT2D eigenvalue weighted by Gasteiger charge is 1.97. The van der Waals surface area contributed by atoms with E-state index in [1.165, 1.54) is 11.5 Å². The van der Waals surface area contributed by atoms with Gasteiger partial charge in [-0.05, 0) is 11.5 Å². The molecule has 0 unspecified atom stereocenters. The van der Waals surface area contributed by atoms with E-state index in [4.69, 9.17) is 11.5 Å². The van der Waals surface area contributed by atoms with Crippen LogP contribution >= 0.6 is 11.5 Å². The van der Waals surface area contributed by atoms with Crippen LogP contribution in [-0.4, -0.2) is 9.59 Å². The summed E-state index contributed by atoms with van der Waals surface area (Å²) in [6, 6.07) is 0. The molecule has 0 aliphatic carbocycles. The van der Waals surface area contributed by atoms with E-state index in [1.807, 2.05) is 0 Å². The zero-order valence-electron chi connectivity index (χ0n) is 4.16. The van der Waals surface area contributed by atoms with Gasteiger partial charge in [-0.2, -0.15) is 0 Å². The molecule has 1 rings (SSSR count). The van der Waals surface area contributed by atoms with Crippen molar-refractivity contribution >= 4 is 17.4 Å². The summed E-state index contributed by atoms with van der Waals surface area (Å²) in [6.45, 7) is 0.434. The molecule has 0 saturated heterocycles. The van der Waals surface area contributed by atoms with E-state index in [0.717, 1.165) is 4.88 Å². The molecule has 0 fully saturated rings. The first kappa shape index (κ1) is 5.46. The van der Waals surface area contributed by atoms with E-state index < -0.39 is 0 Å². The summed E-state index contributed by atoms with van der Waals surface area (Å²) in [4.78, 5) is 0.852. The van der Waals surface area contributed by atoms with E-state index >= 15 is 0 Å². The van der Waals surface area contributed by atoms with Crippen molar-refractivity contribution < 1.29 is 0 Å². The second kappa shape index (κ2) is 2.06. The van der Waals surface area contributed by atoms with Crippen molar-refractivity contribution in [2.75, 3.05) is 5.73 Å². The largest absolute Gasteiger partial charge is 0.381 e. The Hall–Kier alpha value is -0.680. The minimum Gasteiger partial charge on any atom is -0.381 e. The van der Waals surface area contributed by atoms with Crippen LogP contribution in [0.4, 0.5) is 5.82 Å². The maximum absolute atomic E-state index is 5.31. The third-order valence-electron chi connectivity index (χ3n) is 0.771. The Bertz CT molecular complexity index is 172. The van der Waals surface area contributed by atoms with Crippen LogP contribution in [0, 0.1) is 0 Å². The highest BCUT2D eigenvalue weighted by Crippen LogP contribution is 2.09. The molecule has 1 aromatic rings. The van der Waals surface area contributed by atoms with Crippen molar-refractivity contribution in [3.63, 3.8) is 0 Å². The fourth-order valence-electron chi connectivity index (χ4n) is 0.358. The number of hydrogen-bond donors (Lipinski definition) is 2. The van der Waals surface area contributed by atoms with Crippen LogP contribution in [-0.2, 0) is 6.54 Å². The van der Waals surface area contributed by atoms with Gasteiger partial charge in [-0.25, -0.2) is 0 Å². The fraction of sp³-hybridized carbons (Fsp3) is 0.333. The highest BCUT2D eigenvalue weighted by atomic mass is 32.1. The Labute approximate surface area is 50.7 Å². The molecule has 4 N–H and O–H groups in total. The number of rotatable bonds is 1. The molecule has 0 aliphatic heterocycles. The molecule has 0 aromatic carbocycles. The Kier molecular flexibility index (Phi) is 1.40. The molecular weight excluding hydrogens is 124 g/mol. The van der Waals surface area contributed by atoms with Gasteiger partial charge in [0.25, 0.3) is 0 Å². The Morgan fingerprint density at radius 1 is 1.62 bits per heavy atom. The zero-order valence-corrected chi connectivity index (χ0v) is 4.98. The van der Waals surface area contributed by atoms with E-state index in [1.54, 1.807) is 0 Å². The van der Waals surface area contributed by atoms with E-state index in [2.05, 4.69) is 9.59 Å². The highest BCUT2D eigenvalue weighted by molar-refractivity contribution is 7.06. The van der Waals surface area contributed by atoms with Crippen LogP contribution in [0.2, 0.25) is 0 Å². The summed E-state index contributed by atoms with van der Waals surface area (Å²) in [5, 5.41) is 3.55. The molecule has 0 aliphatic rings. The van der Waals surface area contributed by atoms with Gasteiger partial charge in [0.2, 0.25) is 0 Å². The molecule has 4 nitrogen and oxygen atoms in total. The van der Waals surface area contributed by atoms with Gasteiger partial charge < -0.3 is 11.5 Å². The summed E-state index contributed by atoms with van der Waals surface area (Å²) < 4.78 is 3.58. The molecule has 1 heterocycles. The summed E-state index contributed by atoms with van der Waals surface area (Å²) in [6.07, 6.45) is 0. The molecule has 8 heavy (non-hydrogen) atoms. The van der Waals surface area contributed by atoms with Gasteiger partial charge in [0.15, 0.2) is 5.82 Å². The maximum atomic E-state index is 5.31. The lowest BCUT2D eigenvalue weighted by atomic mass is 10.5. The molecule has 44 valence electrons. The summed E-state index contributed by atoms with van der Waals surface area (Å²) >= 11 is 1.24. The first-order chi connectivity index (χ1) is 3.84. The van der Waals surface area contributed by atoms with E-state index in [9.17, 15) is 0 Å². The van der Waals surface area contributed by atoms with Crippen LogP contribution in [0.25, 0.3) is 0 Å². The molecule has 1 aromatic heterocycles. The van der Waals surface area contributed by atoms with Gasteiger partial charge in [0.1, 0.15) is 0 Å².